The molecule has 3 fully saturated rings. The summed E-state index contributed by atoms with van der Waals surface area (Å²) in [5.74, 6) is -2.53. The fourth-order valence-electron chi connectivity index (χ4n) is 14.4. The average molecular weight is 1510 g/mol. The number of hydrogen-bond acceptors (Lipinski definition) is 23. The fraction of sp³-hybridized carbons (Fsp3) is 0.480. The van der Waals surface area contributed by atoms with Gasteiger partial charge in [-0.3, -0.25) is 67.8 Å². The zero-order valence-corrected chi connectivity index (χ0v) is 61.3. The van der Waals surface area contributed by atoms with Gasteiger partial charge < -0.3 is 49.1 Å². The van der Waals surface area contributed by atoms with E-state index < -0.39 is 54.4 Å². The van der Waals surface area contributed by atoms with Crippen LogP contribution in [0.15, 0.2) is 90.1 Å². The Balaban J connectivity index is 0.588. The second kappa shape index (κ2) is 35.8. The molecule has 107 heavy (non-hydrogen) atoms. The van der Waals surface area contributed by atoms with Crippen LogP contribution in [-0.4, -0.2) is 212 Å². The van der Waals surface area contributed by atoms with Gasteiger partial charge in [-0.2, -0.15) is 0 Å². The molecule has 2 saturated heterocycles. The third kappa shape index (κ3) is 18.4. The van der Waals surface area contributed by atoms with E-state index in [0.717, 1.165) is 43.6 Å². The smallest absolute Gasteiger partial charge is 0.332 e. The van der Waals surface area contributed by atoms with Crippen LogP contribution < -0.4 is 20.7 Å². The number of carbonyl (C=O) groups is 10. The number of nitrogens with zero attached hydrogens (tertiary/aromatic N) is 10. The summed E-state index contributed by atoms with van der Waals surface area (Å²) in [5, 5.41) is 35.9. The van der Waals surface area contributed by atoms with Crippen LogP contribution in [0.2, 0.25) is 5.02 Å². The summed E-state index contributed by atoms with van der Waals surface area (Å²) in [6, 6.07) is 17.6. The molecule has 566 valence electrons. The Morgan fingerprint density at radius 2 is 1.56 bits per heavy atom. The molecule has 12 rings (SSSR count). The number of benzene rings is 3. The molecule has 2 bridgehead atoms. The summed E-state index contributed by atoms with van der Waals surface area (Å²) in [6.45, 7) is 6.61. The zero-order valence-electron chi connectivity index (χ0n) is 59.7. The number of likely N-dealkylation sites (tertiary alicyclic amines) is 1. The number of aryl methyl sites for hydroxylation is 3. The minimum atomic E-state index is -1.10. The van der Waals surface area contributed by atoms with E-state index in [4.69, 9.17) is 45.0 Å². The van der Waals surface area contributed by atoms with Crippen molar-refractivity contribution in [1.29, 1.82) is 0 Å². The van der Waals surface area contributed by atoms with Gasteiger partial charge in [0.05, 0.1) is 94.0 Å². The van der Waals surface area contributed by atoms with Gasteiger partial charge in [0.25, 0.3) is 11.8 Å². The number of aliphatic hydroxyl groups excluding tert-OH is 1. The molecule has 2 aliphatic carbocycles. The van der Waals surface area contributed by atoms with Crippen LogP contribution in [0.25, 0.3) is 5.00 Å². The van der Waals surface area contributed by atoms with Crippen LogP contribution in [0.4, 0.5) is 5.69 Å². The third-order valence-electron chi connectivity index (χ3n) is 19.8. The van der Waals surface area contributed by atoms with Gasteiger partial charge >= 0.3 is 5.97 Å². The van der Waals surface area contributed by atoms with Gasteiger partial charge in [0, 0.05) is 72.2 Å². The van der Waals surface area contributed by atoms with Crippen LogP contribution in [0.3, 0.4) is 0 Å². The van der Waals surface area contributed by atoms with E-state index in [2.05, 4.69) is 62.5 Å². The summed E-state index contributed by atoms with van der Waals surface area (Å²) in [6.07, 6.45) is 8.43. The minimum Gasteiger partial charge on any atom is -0.491 e. The SMILES string of the molecule is Cc1sc2c(c1C)C(c1ccc(Cl)cc1)=NC(CC(=O)Nc1ccc(OCCOCCOC(COCCCc3cccc4c3C(=O)N(C3CCC(=O)NC3=O)C4=O)COC(=O)COCCn3cc(CN(CCC(=O)NCCO)C(=O)CCCCCN4C(=O)C5[C@@H](C4=O)[C@@H]4C=C[C@H]5C4)nn3)cc1)c1nnc(C)n1-2. The van der Waals surface area contributed by atoms with Crippen molar-refractivity contribution in [2.24, 2.45) is 28.7 Å². The molecule has 0 spiro atoms. The largest absolute Gasteiger partial charge is 0.491 e. The van der Waals surface area contributed by atoms with Gasteiger partial charge in [-0.15, -0.1) is 26.6 Å². The number of esters is 1. The van der Waals surface area contributed by atoms with Gasteiger partial charge in [0.2, 0.25) is 41.4 Å². The molecular weight excluding hydrogens is 1420 g/mol. The highest BCUT2D eigenvalue weighted by atomic mass is 35.5. The first-order valence-electron chi connectivity index (χ1n) is 36.1. The van der Waals surface area contributed by atoms with Gasteiger partial charge in [0.15, 0.2) is 5.82 Å². The number of rotatable bonds is 39. The van der Waals surface area contributed by atoms with E-state index in [1.165, 1.54) is 20.5 Å². The number of ether oxygens (including phenoxy) is 6. The van der Waals surface area contributed by atoms with Crippen LogP contribution in [0.5, 0.6) is 5.75 Å². The van der Waals surface area contributed by atoms with Crippen LogP contribution in [0.1, 0.15) is 135 Å². The number of aromatic nitrogens is 6. The summed E-state index contributed by atoms with van der Waals surface area (Å²) in [7, 11) is 0. The molecule has 7 heterocycles. The second-order valence-corrected chi connectivity index (χ2v) is 28.7. The molecule has 3 aromatic carbocycles. The molecule has 1 saturated carbocycles. The van der Waals surface area contributed by atoms with E-state index >= 15 is 0 Å². The fourth-order valence-corrected chi connectivity index (χ4v) is 15.7. The van der Waals surface area contributed by atoms with Crippen LogP contribution in [0, 0.1) is 44.4 Å². The van der Waals surface area contributed by atoms with Gasteiger partial charge in [0.1, 0.15) is 60.3 Å². The molecule has 4 N–H and O–H groups in total. The summed E-state index contributed by atoms with van der Waals surface area (Å²) < 4.78 is 38.7. The molecule has 32 heteroatoms. The maximum absolute atomic E-state index is 13.8. The number of halogens is 1. The normalized spacial score (nSPS) is 19.3. The second-order valence-electron chi connectivity index (χ2n) is 27.1. The topological polar surface area (TPSA) is 366 Å². The van der Waals surface area contributed by atoms with Crippen molar-refractivity contribution >= 4 is 93.5 Å². The highest BCUT2D eigenvalue weighted by Gasteiger charge is 2.59. The van der Waals surface area contributed by atoms with E-state index in [1.54, 1.807) is 53.9 Å². The molecule has 4 aliphatic heterocycles. The lowest BCUT2D eigenvalue weighted by Crippen LogP contribution is -2.54. The average Bonchev–Trinajstić information content (AvgIpc) is 1.58. The van der Waals surface area contributed by atoms with Gasteiger partial charge in [-0.05, 0) is 125 Å². The molecule has 0 radical (unpaired) electrons. The van der Waals surface area contributed by atoms with E-state index in [9.17, 15) is 53.1 Å². The highest BCUT2D eigenvalue weighted by molar-refractivity contribution is 7.15. The number of thiophene rings is 1. The van der Waals surface area contributed by atoms with E-state index in [1.807, 2.05) is 35.8 Å². The number of carbonyl (C=O) groups excluding carboxylic acids is 10. The van der Waals surface area contributed by atoms with Crippen LogP contribution in [-0.2, 0) is 81.6 Å². The Hall–Kier alpha value is -9.76. The number of imide groups is 3. The number of nitrogens with one attached hydrogen (secondary N) is 3. The van der Waals surface area contributed by atoms with Gasteiger partial charge in [-0.1, -0.05) is 59.7 Å². The quantitative estimate of drug-likeness (QED) is 0.0155. The summed E-state index contributed by atoms with van der Waals surface area (Å²) in [4.78, 5) is 141. The molecular formula is C75H86ClN13O17S. The first kappa shape index (κ1) is 76.9. The van der Waals surface area contributed by atoms with Crippen molar-refractivity contribution in [3.63, 3.8) is 0 Å². The lowest BCUT2D eigenvalue weighted by atomic mass is 9.85. The number of aliphatic hydroxyl groups is 1. The number of amides is 9. The van der Waals surface area contributed by atoms with Crippen molar-refractivity contribution in [2.45, 2.75) is 123 Å². The summed E-state index contributed by atoms with van der Waals surface area (Å²) >= 11 is 7.92. The first-order valence-corrected chi connectivity index (χ1v) is 37.3. The maximum atomic E-state index is 13.8. The van der Waals surface area contributed by atoms with Crippen molar-refractivity contribution in [3.05, 3.63) is 146 Å². The predicted molar refractivity (Wildman–Crippen MR) is 386 cm³/mol. The first-order chi connectivity index (χ1) is 51.8. The zero-order chi connectivity index (χ0) is 75.3. The Kier molecular flexibility index (Phi) is 25.7. The number of piperidine rings is 1. The van der Waals surface area contributed by atoms with Gasteiger partial charge in [-0.25, -0.2) is 9.48 Å². The Morgan fingerprint density at radius 3 is 2.33 bits per heavy atom. The third-order valence-corrected chi connectivity index (χ3v) is 21.3. The maximum Gasteiger partial charge on any atom is 0.332 e. The van der Waals surface area contributed by atoms with Crippen molar-refractivity contribution < 1.29 is 81.5 Å². The minimum absolute atomic E-state index is 0.00333. The Morgan fingerprint density at radius 1 is 0.785 bits per heavy atom. The van der Waals surface area contributed by atoms with Crippen molar-refractivity contribution in [2.75, 3.05) is 91.0 Å². The monoisotopic (exact) mass is 1510 g/mol. The molecule has 6 aliphatic rings. The number of aliphatic imine (C=N–C) groups is 1. The van der Waals surface area contributed by atoms with E-state index in [-0.39, 0.29) is 182 Å². The molecule has 4 unspecified atom stereocenters. The number of hydrogen-bond donors (Lipinski definition) is 4. The molecule has 3 aromatic heterocycles. The molecule has 9 amide bonds. The van der Waals surface area contributed by atoms with Crippen molar-refractivity contribution in [3.8, 4) is 10.8 Å². The van der Waals surface area contributed by atoms with E-state index in [0.29, 0.717) is 78.0 Å². The number of fused-ring (bicyclic) bond motifs is 9. The highest BCUT2D eigenvalue weighted by Crippen LogP contribution is 2.52. The Bertz CT molecular complexity index is 4340. The van der Waals surface area contributed by atoms with Crippen LogP contribution >= 0.6 is 22.9 Å². The lowest BCUT2D eigenvalue weighted by molar-refractivity contribution is -0.155. The number of unbranched alkanes of at least 4 members (excludes halogenated alkanes) is 2. The standard InChI is InChI=1S/C75H86ClN13O17S/c1-44-45(2)107-75-64(44)68(48-15-17-51(76)18-16-48)79-57(69-83-81-46(3)88(69)75)38-61(93)78-52-19-21-54(22-20-52)104-35-33-101-34-36-105-55(41-102-31-8-10-47-9-7-11-56-65(47)74(100)89(71(56)97)58-23-24-60(92)80-70(58)96)42-106-63(95)43-103-32-29-86-40-53(82-84-86)39-85(28-25-59(91)77-26-30-90)62(94)12-5-4-6-27-87-72(98)66-49-13-14-50(37-49)67(66)73(87)99/h7,9,11,13-22,40,49-50,55,57-58,66-67,90H,4-6,8,10,12,23-39,41-43H2,1-3H3,(H,77,91)(H,78,93)(H,80,92,96)/t49-,50+,55?,57?,58?,66+,67?/m1/s1. The molecule has 30 nitrogen and oxygen atoms in total. The Labute approximate surface area is 625 Å². The lowest BCUT2D eigenvalue weighted by Gasteiger charge is -2.27. The predicted octanol–water partition coefficient (Wildman–Crippen LogP) is 5.71. The molecule has 6 aromatic rings. The number of allylic oxidation sites excluding steroid dienone is 2. The number of anilines is 1. The van der Waals surface area contributed by atoms with Crippen molar-refractivity contribution in [1.82, 2.24) is 55.1 Å². The summed E-state index contributed by atoms with van der Waals surface area (Å²) in [5.41, 5.74) is 5.61. The molecule has 7 atom stereocenters.